The summed E-state index contributed by atoms with van der Waals surface area (Å²) in [4.78, 5) is 39.9. The molecule has 0 unspecified atom stereocenters. The third kappa shape index (κ3) is 2.47. The molecular weight excluding hydrogens is 461 g/mol. The Morgan fingerprint density at radius 3 is 2.15 bits per heavy atom. The maximum atomic E-state index is 13.9. The smallest absolute Gasteiger partial charge is 0.339 e. The van der Waals surface area contributed by atoms with Gasteiger partial charge in [-0.1, -0.05) is 60.1 Å². The molecular formula is C26H17Cl2NO4. The highest BCUT2D eigenvalue weighted by atomic mass is 35.5. The summed E-state index contributed by atoms with van der Waals surface area (Å²) >= 11 is 13.6. The molecule has 7 rings (SSSR count). The zero-order valence-electron chi connectivity index (χ0n) is 17.4. The molecule has 33 heavy (non-hydrogen) atoms. The number of hydrogen-bond acceptors (Lipinski definition) is 4. The van der Waals surface area contributed by atoms with Crippen molar-refractivity contribution in [1.29, 1.82) is 0 Å². The van der Waals surface area contributed by atoms with Gasteiger partial charge >= 0.3 is 5.97 Å². The maximum Gasteiger partial charge on any atom is 0.339 e. The Labute approximate surface area is 199 Å². The molecule has 1 aliphatic heterocycles. The molecule has 0 aromatic heterocycles. The molecule has 3 aromatic carbocycles. The van der Waals surface area contributed by atoms with Crippen LogP contribution in [-0.2, 0) is 19.2 Å². The van der Waals surface area contributed by atoms with Crippen molar-refractivity contribution in [3.8, 4) is 0 Å². The number of anilines is 1. The van der Waals surface area contributed by atoms with Gasteiger partial charge in [0.2, 0.25) is 11.8 Å². The third-order valence-electron chi connectivity index (χ3n) is 7.13. The number of rotatable bonds is 2. The highest BCUT2D eigenvalue weighted by Gasteiger charge is 2.68. The second-order valence-electron chi connectivity index (χ2n) is 8.54. The van der Waals surface area contributed by atoms with Gasteiger partial charge in [-0.2, -0.15) is 0 Å². The number of halogens is 2. The average molecular weight is 478 g/mol. The first-order valence-corrected chi connectivity index (χ1v) is 11.3. The number of carbonyl (C=O) groups is 3. The zero-order chi connectivity index (χ0) is 23.1. The van der Waals surface area contributed by atoms with Gasteiger partial charge in [-0.15, -0.1) is 11.6 Å². The number of imide groups is 1. The molecule has 3 aromatic rings. The molecule has 4 aliphatic rings. The van der Waals surface area contributed by atoms with Crippen LogP contribution in [0, 0.1) is 11.8 Å². The first-order chi connectivity index (χ1) is 15.9. The van der Waals surface area contributed by atoms with Gasteiger partial charge in [0, 0.05) is 5.92 Å². The molecule has 2 amide bonds. The minimum atomic E-state index is -1.16. The van der Waals surface area contributed by atoms with Crippen LogP contribution >= 0.6 is 23.2 Å². The van der Waals surface area contributed by atoms with E-state index in [1.807, 2.05) is 48.5 Å². The van der Waals surface area contributed by atoms with Gasteiger partial charge in [0.15, 0.2) is 0 Å². The number of ether oxygens (including phenoxy) is 1. The molecule has 1 heterocycles. The lowest BCUT2D eigenvalue weighted by Crippen LogP contribution is -2.50. The lowest BCUT2D eigenvalue weighted by molar-refractivity contribution is -0.122. The molecule has 3 aliphatic carbocycles. The quantitative estimate of drug-likeness (QED) is 0.300. The van der Waals surface area contributed by atoms with Crippen LogP contribution < -0.4 is 4.90 Å². The average Bonchev–Trinajstić information content (AvgIpc) is 3.11. The summed E-state index contributed by atoms with van der Waals surface area (Å²) in [5, 5.41) is 0.177. The van der Waals surface area contributed by atoms with Crippen molar-refractivity contribution < 1.29 is 19.1 Å². The number of carbonyl (C=O) groups excluding carboxylic acids is 3. The predicted molar refractivity (Wildman–Crippen MR) is 124 cm³/mol. The third-order valence-corrected chi connectivity index (χ3v) is 8.10. The predicted octanol–water partition coefficient (Wildman–Crippen LogP) is 4.87. The normalized spacial score (nSPS) is 26.6. The van der Waals surface area contributed by atoms with Gasteiger partial charge in [-0.25, -0.2) is 9.69 Å². The summed E-state index contributed by atoms with van der Waals surface area (Å²) in [5.74, 6) is -3.05. The van der Waals surface area contributed by atoms with Crippen LogP contribution in [0.1, 0.15) is 38.5 Å². The van der Waals surface area contributed by atoms with Crippen LogP contribution in [0.4, 0.5) is 5.69 Å². The van der Waals surface area contributed by atoms with Gasteiger partial charge in [-0.3, -0.25) is 9.59 Å². The Bertz CT molecular complexity index is 1340. The number of esters is 1. The standard InChI is InChI=1S/C26H17Cl2NO4/c1-33-25(32)16-12-13(10-11-19(16)27)29-23(30)21-20-14-6-2-4-8-17(14)26(28,22(21)24(29)31)18-9-5-3-7-15(18)20/h2-12,20-22H,1H3/t20?,21-,22-,26?/m1/s1. The molecule has 0 N–H and O–H groups in total. The second kappa shape index (κ2) is 6.92. The van der Waals surface area contributed by atoms with E-state index in [0.29, 0.717) is 0 Å². The zero-order valence-corrected chi connectivity index (χ0v) is 18.9. The number of benzene rings is 3. The van der Waals surface area contributed by atoms with Crippen LogP contribution in [0.25, 0.3) is 0 Å². The Morgan fingerprint density at radius 1 is 0.939 bits per heavy atom. The Balaban J connectivity index is 1.55. The Morgan fingerprint density at radius 2 is 1.55 bits per heavy atom. The number of amides is 2. The van der Waals surface area contributed by atoms with E-state index in [1.165, 1.54) is 19.2 Å². The van der Waals surface area contributed by atoms with Gasteiger partial charge in [-0.05, 0) is 40.5 Å². The molecule has 0 radical (unpaired) electrons. The van der Waals surface area contributed by atoms with Gasteiger partial charge in [0.1, 0.15) is 4.87 Å². The first kappa shape index (κ1) is 20.5. The van der Waals surface area contributed by atoms with Crippen molar-refractivity contribution in [3.05, 3.63) is 99.6 Å². The largest absolute Gasteiger partial charge is 0.465 e. The topological polar surface area (TPSA) is 63.7 Å². The number of hydrogen-bond donors (Lipinski definition) is 0. The van der Waals surface area contributed by atoms with E-state index in [-0.39, 0.29) is 34.0 Å². The van der Waals surface area contributed by atoms with E-state index >= 15 is 0 Å². The van der Waals surface area contributed by atoms with Gasteiger partial charge in [0.25, 0.3) is 0 Å². The molecule has 1 saturated heterocycles. The summed E-state index contributed by atoms with van der Waals surface area (Å²) in [6.45, 7) is 0. The van der Waals surface area contributed by atoms with Crippen molar-refractivity contribution in [2.75, 3.05) is 12.0 Å². The SMILES string of the molecule is COC(=O)c1cc(N2C(=O)[C@@H]3C4c5ccccc5C(Cl)(c5ccccc54)[C@H]3C2=O)ccc1Cl. The summed E-state index contributed by atoms with van der Waals surface area (Å²) < 4.78 is 4.79. The van der Waals surface area contributed by atoms with Gasteiger partial charge < -0.3 is 4.74 Å². The van der Waals surface area contributed by atoms with E-state index < -0.39 is 22.7 Å². The van der Waals surface area contributed by atoms with E-state index in [0.717, 1.165) is 27.2 Å². The molecule has 7 heteroatoms. The van der Waals surface area contributed by atoms with E-state index in [4.69, 9.17) is 27.9 Å². The lowest BCUT2D eigenvalue weighted by Gasteiger charge is -2.50. The van der Waals surface area contributed by atoms with Crippen LogP contribution in [0.2, 0.25) is 5.02 Å². The summed E-state index contributed by atoms with van der Waals surface area (Å²) in [7, 11) is 1.25. The molecule has 0 spiro atoms. The molecule has 1 fully saturated rings. The van der Waals surface area contributed by atoms with E-state index in [2.05, 4.69) is 0 Å². The lowest BCUT2D eigenvalue weighted by atomic mass is 9.54. The number of methoxy groups -OCH3 is 1. The Hall–Kier alpha value is -3.15. The van der Waals surface area contributed by atoms with Crippen LogP contribution in [0.15, 0.2) is 66.7 Å². The molecule has 164 valence electrons. The highest BCUT2D eigenvalue weighted by molar-refractivity contribution is 6.35. The van der Waals surface area contributed by atoms with Crippen molar-refractivity contribution in [3.63, 3.8) is 0 Å². The summed E-state index contributed by atoms with van der Waals surface area (Å²) in [6, 6.07) is 20.0. The summed E-state index contributed by atoms with van der Waals surface area (Å²) in [6.07, 6.45) is 0. The van der Waals surface area contributed by atoms with Crippen molar-refractivity contribution >= 4 is 46.7 Å². The monoisotopic (exact) mass is 477 g/mol. The van der Waals surface area contributed by atoms with E-state index in [9.17, 15) is 14.4 Å². The minimum Gasteiger partial charge on any atom is -0.465 e. The molecule has 5 nitrogen and oxygen atoms in total. The Kier molecular flexibility index (Phi) is 4.29. The molecule has 2 atom stereocenters. The van der Waals surface area contributed by atoms with Gasteiger partial charge in [0.05, 0.1) is 35.2 Å². The van der Waals surface area contributed by atoms with Crippen LogP contribution in [-0.4, -0.2) is 24.9 Å². The summed E-state index contributed by atoms with van der Waals surface area (Å²) in [5.41, 5.74) is 4.04. The fourth-order valence-corrected chi connectivity index (χ4v) is 6.62. The molecule has 0 saturated carbocycles. The second-order valence-corrected chi connectivity index (χ2v) is 9.54. The fraction of sp³-hybridized carbons (Fsp3) is 0.192. The first-order valence-electron chi connectivity index (χ1n) is 10.5. The number of alkyl halides is 1. The van der Waals surface area contributed by atoms with Crippen LogP contribution in [0.5, 0.6) is 0 Å². The van der Waals surface area contributed by atoms with Crippen molar-refractivity contribution in [2.24, 2.45) is 11.8 Å². The van der Waals surface area contributed by atoms with Crippen LogP contribution in [0.3, 0.4) is 0 Å². The van der Waals surface area contributed by atoms with E-state index in [1.54, 1.807) is 6.07 Å². The highest BCUT2D eigenvalue weighted by Crippen LogP contribution is 2.65. The van der Waals surface area contributed by atoms with Crippen molar-refractivity contribution in [2.45, 2.75) is 10.8 Å². The van der Waals surface area contributed by atoms with Crippen molar-refractivity contribution in [1.82, 2.24) is 0 Å². The minimum absolute atomic E-state index is 0.0854. The number of nitrogens with zero attached hydrogens (tertiary/aromatic N) is 1. The molecule has 2 bridgehead atoms. The maximum absolute atomic E-state index is 13.9. The fourth-order valence-electron chi connectivity index (χ4n) is 5.85.